The fourth-order valence-electron chi connectivity index (χ4n) is 1.42. The first kappa shape index (κ1) is 13.9. The van der Waals surface area contributed by atoms with Gasteiger partial charge in [0.15, 0.2) is 5.16 Å². The molecule has 8 heteroatoms. The summed E-state index contributed by atoms with van der Waals surface area (Å²) in [6, 6.07) is 4.84. The molecule has 2 aromatic rings. The number of hydrogen-bond donors (Lipinski definition) is 3. The van der Waals surface area contributed by atoms with E-state index in [2.05, 4.69) is 20.4 Å². The largest absolute Gasteiger partial charge is 0.308 e. The van der Waals surface area contributed by atoms with Crippen LogP contribution in [0.3, 0.4) is 0 Å². The molecule has 4 N–H and O–H groups in total. The highest BCUT2D eigenvalue weighted by atomic mass is 35.5. The number of aromatic amines is 1. The van der Waals surface area contributed by atoms with E-state index in [-0.39, 0.29) is 5.56 Å². The first-order chi connectivity index (χ1) is 9.08. The molecule has 0 aliphatic rings. The van der Waals surface area contributed by atoms with Gasteiger partial charge in [-0.2, -0.15) is 0 Å². The lowest BCUT2D eigenvalue weighted by molar-refractivity contribution is 0.904. The molecule has 0 saturated carbocycles. The van der Waals surface area contributed by atoms with Gasteiger partial charge in [0.25, 0.3) is 5.56 Å². The molecule has 0 saturated heterocycles. The number of nitrogen functional groups attached to an aromatic ring is 1. The SMILES string of the molecule is Cc1cc(=O)[nH]c(SCc2nc(NN)ccc2Cl)n1. The number of halogens is 1. The molecule has 0 radical (unpaired) electrons. The van der Waals surface area contributed by atoms with Gasteiger partial charge < -0.3 is 10.4 Å². The number of pyridine rings is 1. The minimum atomic E-state index is -0.175. The second-order valence-electron chi connectivity index (χ2n) is 3.75. The number of H-pyrrole nitrogens is 1. The molecular weight excluding hydrogens is 286 g/mol. The normalized spacial score (nSPS) is 10.5. The van der Waals surface area contributed by atoms with Gasteiger partial charge in [0, 0.05) is 17.5 Å². The summed E-state index contributed by atoms with van der Waals surface area (Å²) >= 11 is 7.40. The van der Waals surface area contributed by atoms with Crippen molar-refractivity contribution in [3.05, 3.63) is 45.0 Å². The summed E-state index contributed by atoms with van der Waals surface area (Å²) < 4.78 is 0. The molecule has 2 aromatic heterocycles. The molecule has 0 fully saturated rings. The molecule has 0 aliphatic heterocycles. The summed E-state index contributed by atoms with van der Waals surface area (Å²) in [4.78, 5) is 22.4. The van der Waals surface area contributed by atoms with Crippen LogP contribution >= 0.6 is 23.4 Å². The van der Waals surface area contributed by atoms with Gasteiger partial charge >= 0.3 is 0 Å². The van der Waals surface area contributed by atoms with E-state index in [1.54, 1.807) is 19.1 Å². The number of anilines is 1. The summed E-state index contributed by atoms with van der Waals surface area (Å²) in [6.45, 7) is 1.77. The van der Waals surface area contributed by atoms with E-state index in [0.29, 0.717) is 33.1 Å². The number of hydrazine groups is 1. The van der Waals surface area contributed by atoms with Crippen LogP contribution in [0.1, 0.15) is 11.4 Å². The highest BCUT2D eigenvalue weighted by molar-refractivity contribution is 7.98. The molecular formula is C11H12ClN5OS. The summed E-state index contributed by atoms with van der Waals surface area (Å²) in [5, 5.41) is 1.08. The smallest absolute Gasteiger partial charge is 0.251 e. The van der Waals surface area contributed by atoms with Gasteiger partial charge in [-0.05, 0) is 19.1 Å². The van der Waals surface area contributed by atoms with Crippen molar-refractivity contribution >= 4 is 29.2 Å². The lowest BCUT2D eigenvalue weighted by Crippen LogP contribution is -2.10. The van der Waals surface area contributed by atoms with Crippen molar-refractivity contribution in [1.82, 2.24) is 15.0 Å². The minimum absolute atomic E-state index is 0.175. The van der Waals surface area contributed by atoms with Gasteiger partial charge in [-0.3, -0.25) is 4.79 Å². The number of aromatic nitrogens is 3. The van der Waals surface area contributed by atoms with Crippen LogP contribution < -0.4 is 16.8 Å². The predicted octanol–water partition coefficient (Wildman–Crippen LogP) is 1.70. The third-order valence-electron chi connectivity index (χ3n) is 2.26. The highest BCUT2D eigenvalue weighted by Gasteiger charge is 2.06. The first-order valence-electron chi connectivity index (χ1n) is 5.41. The Morgan fingerprint density at radius 3 is 2.95 bits per heavy atom. The van der Waals surface area contributed by atoms with E-state index in [1.165, 1.54) is 17.8 Å². The topological polar surface area (TPSA) is 96.7 Å². The fraction of sp³-hybridized carbons (Fsp3) is 0.182. The van der Waals surface area contributed by atoms with Crippen molar-refractivity contribution in [2.45, 2.75) is 17.8 Å². The molecule has 2 heterocycles. The van der Waals surface area contributed by atoms with E-state index < -0.39 is 0 Å². The van der Waals surface area contributed by atoms with Crippen LogP contribution in [0, 0.1) is 6.92 Å². The number of nitrogens with one attached hydrogen (secondary N) is 2. The van der Waals surface area contributed by atoms with Crippen molar-refractivity contribution in [2.75, 3.05) is 5.43 Å². The van der Waals surface area contributed by atoms with Gasteiger partial charge in [-0.15, -0.1) is 0 Å². The molecule has 100 valence electrons. The Kier molecular flexibility index (Phi) is 4.41. The average molecular weight is 298 g/mol. The third kappa shape index (κ3) is 3.69. The molecule has 0 unspecified atom stereocenters. The van der Waals surface area contributed by atoms with Crippen molar-refractivity contribution in [3.63, 3.8) is 0 Å². The fourth-order valence-corrected chi connectivity index (χ4v) is 2.55. The Hall–Kier alpha value is -1.57. The molecule has 0 amide bonds. The third-order valence-corrected chi connectivity index (χ3v) is 3.49. The Morgan fingerprint density at radius 2 is 2.26 bits per heavy atom. The van der Waals surface area contributed by atoms with Crippen LogP contribution in [0.5, 0.6) is 0 Å². The Balaban J connectivity index is 2.16. The van der Waals surface area contributed by atoms with Gasteiger partial charge in [-0.25, -0.2) is 15.8 Å². The van der Waals surface area contributed by atoms with Gasteiger partial charge in [-0.1, -0.05) is 23.4 Å². The van der Waals surface area contributed by atoms with Crippen LogP contribution in [0.25, 0.3) is 0 Å². The standard InChI is InChI=1S/C11H12ClN5OS/c1-6-4-10(18)16-11(14-6)19-5-8-7(12)2-3-9(15-8)17-13/h2-4H,5,13H2,1H3,(H,15,17)(H,14,16,18). The molecule has 0 spiro atoms. The number of rotatable bonds is 4. The number of aryl methyl sites for hydroxylation is 1. The first-order valence-corrected chi connectivity index (χ1v) is 6.77. The van der Waals surface area contributed by atoms with Gasteiger partial charge in [0.05, 0.1) is 10.7 Å². The van der Waals surface area contributed by atoms with Crippen molar-refractivity contribution in [1.29, 1.82) is 0 Å². The summed E-state index contributed by atoms with van der Waals surface area (Å²) in [5.74, 6) is 6.31. The van der Waals surface area contributed by atoms with E-state index in [4.69, 9.17) is 17.4 Å². The second-order valence-corrected chi connectivity index (χ2v) is 5.12. The minimum Gasteiger partial charge on any atom is -0.308 e. The second kappa shape index (κ2) is 6.05. The van der Waals surface area contributed by atoms with E-state index in [1.807, 2.05) is 0 Å². The zero-order valence-corrected chi connectivity index (χ0v) is 11.7. The molecule has 19 heavy (non-hydrogen) atoms. The van der Waals surface area contributed by atoms with Crippen LogP contribution in [-0.2, 0) is 5.75 Å². The van der Waals surface area contributed by atoms with Crippen LogP contribution in [0.15, 0.2) is 28.2 Å². The lowest BCUT2D eigenvalue weighted by Gasteiger charge is -2.06. The molecule has 6 nitrogen and oxygen atoms in total. The molecule has 0 aromatic carbocycles. The Morgan fingerprint density at radius 1 is 1.47 bits per heavy atom. The molecule has 0 atom stereocenters. The maximum absolute atomic E-state index is 11.3. The Bertz CT molecular complexity index is 645. The monoisotopic (exact) mass is 297 g/mol. The molecule has 0 aliphatic carbocycles. The summed E-state index contributed by atoms with van der Waals surface area (Å²) in [7, 11) is 0. The van der Waals surface area contributed by atoms with Crippen LogP contribution in [0.2, 0.25) is 5.02 Å². The van der Waals surface area contributed by atoms with Crippen molar-refractivity contribution in [2.24, 2.45) is 5.84 Å². The van der Waals surface area contributed by atoms with E-state index in [9.17, 15) is 4.79 Å². The molecule has 2 rings (SSSR count). The lowest BCUT2D eigenvalue weighted by atomic mass is 10.4. The maximum Gasteiger partial charge on any atom is 0.251 e. The maximum atomic E-state index is 11.3. The zero-order chi connectivity index (χ0) is 13.8. The molecule has 0 bridgehead atoms. The predicted molar refractivity (Wildman–Crippen MR) is 76.2 cm³/mol. The number of thioether (sulfide) groups is 1. The average Bonchev–Trinajstić information content (AvgIpc) is 2.37. The van der Waals surface area contributed by atoms with Crippen molar-refractivity contribution in [3.8, 4) is 0 Å². The summed E-state index contributed by atoms with van der Waals surface area (Å²) in [5.41, 5.74) is 3.63. The zero-order valence-electron chi connectivity index (χ0n) is 10.1. The number of nitrogens with two attached hydrogens (primary N) is 1. The van der Waals surface area contributed by atoms with E-state index in [0.717, 1.165) is 0 Å². The summed E-state index contributed by atoms with van der Waals surface area (Å²) in [6.07, 6.45) is 0. The number of nitrogens with zero attached hydrogens (tertiary/aromatic N) is 2. The quantitative estimate of drug-likeness (QED) is 0.344. The van der Waals surface area contributed by atoms with Crippen LogP contribution in [0.4, 0.5) is 5.82 Å². The highest BCUT2D eigenvalue weighted by Crippen LogP contribution is 2.23. The number of hydrogen-bond acceptors (Lipinski definition) is 6. The van der Waals surface area contributed by atoms with Crippen LogP contribution in [-0.4, -0.2) is 15.0 Å². The van der Waals surface area contributed by atoms with Crippen molar-refractivity contribution < 1.29 is 0 Å². The van der Waals surface area contributed by atoms with Gasteiger partial charge in [0.1, 0.15) is 5.82 Å². The Labute approximate surface area is 118 Å². The van der Waals surface area contributed by atoms with E-state index >= 15 is 0 Å². The van der Waals surface area contributed by atoms with Gasteiger partial charge in [0.2, 0.25) is 0 Å².